The highest BCUT2D eigenvalue weighted by Crippen LogP contribution is 2.23. The summed E-state index contributed by atoms with van der Waals surface area (Å²) in [6, 6.07) is 12.7. The molecule has 122 valence electrons. The van der Waals surface area contributed by atoms with Gasteiger partial charge in [0.25, 0.3) is 5.56 Å². The summed E-state index contributed by atoms with van der Waals surface area (Å²) in [5.41, 5.74) is 2.13. The number of Topliss-reactive ketones (excluding diaryl/α,β-unsaturated/α-hetero) is 1. The molecule has 0 aliphatic carbocycles. The molecule has 0 fully saturated rings. The molecule has 0 N–H and O–H groups in total. The van der Waals surface area contributed by atoms with Crippen LogP contribution in [-0.4, -0.2) is 21.1 Å². The Balaban J connectivity index is 2.29. The third-order valence-corrected chi connectivity index (χ3v) is 4.78. The summed E-state index contributed by atoms with van der Waals surface area (Å²) in [6.45, 7) is 3.48. The van der Waals surface area contributed by atoms with Gasteiger partial charge in [-0.15, -0.1) is 0 Å². The van der Waals surface area contributed by atoms with Crippen LogP contribution < -0.4 is 5.56 Å². The number of rotatable bonds is 4. The van der Waals surface area contributed by atoms with Gasteiger partial charge < -0.3 is 0 Å². The molecule has 1 aromatic heterocycles. The summed E-state index contributed by atoms with van der Waals surface area (Å²) in [6.07, 6.45) is 0. The van der Waals surface area contributed by atoms with Gasteiger partial charge in [-0.05, 0) is 49.7 Å². The van der Waals surface area contributed by atoms with Crippen LogP contribution >= 0.6 is 23.4 Å². The standard InChI is InChI=1S/C18H15ClN2O2S/c1-11-4-3-5-14(8-11)21-17(23)15-7-6-13(19)9-16(15)20-18(21)24-10-12(2)22/h3-9H,10H2,1-2H3. The van der Waals surface area contributed by atoms with Gasteiger partial charge in [0, 0.05) is 5.02 Å². The maximum atomic E-state index is 13.0. The van der Waals surface area contributed by atoms with Crippen molar-refractivity contribution in [2.45, 2.75) is 19.0 Å². The first-order chi connectivity index (χ1) is 11.5. The van der Waals surface area contributed by atoms with Crippen molar-refractivity contribution in [3.05, 3.63) is 63.4 Å². The first kappa shape index (κ1) is 16.7. The van der Waals surface area contributed by atoms with E-state index in [2.05, 4.69) is 4.98 Å². The molecular weight excluding hydrogens is 344 g/mol. The highest BCUT2D eigenvalue weighted by Gasteiger charge is 2.14. The minimum absolute atomic E-state index is 0.0243. The maximum absolute atomic E-state index is 13.0. The van der Waals surface area contributed by atoms with Crippen LogP contribution in [0.5, 0.6) is 0 Å². The van der Waals surface area contributed by atoms with Crippen molar-refractivity contribution in [1.29, 1.82) is 0 Å². The van der Waals surface area contributed by atoms with E-state index in [1.54, 1.807) is 22.8 Å². The quantitative estimate of drug-likeness (QED) is 0.522. The minimum atomic E-state index is -0.173. The second-order valence-corrected chi connectivity index (χ2v) is 6.91. The fourth-order valence-electron chi connectivity index (χ4n) is 2.40. The van der Waals surface area contributed by atoms with E-state index in [9.17, 15) is 9.59 Å². The maximum Gasteiger partial charge on any atom is 0.266 e. The van der Waals surface area contributed by atoms with Crippen molar-refractivity contribution in [2.24, 2.45) is 0 Å². The smallest absolute Gasteiger partial charge is 0.266 e. The van der Waals surface area contributed by atoms with Gasteiger partial charge in [-0.25, -0.2) is 4.98 Å². The lowest BCUT2D eigenvalue weighted by Crippen LogP contribution is -2.22. The molecule has 6 heteroatoms. The van der Waals surface area contributed by atoms with E-state index < -0.39 is 0 Å². The summed E-state index contributed by atoms with van der Waals surface area (Å²) in [5.74, 6) is 0.279. The zero-order chi connectivity index (χ0) is 17.3. The monoisotopic (exact) mass is 358 g/mol. The second-order valence-electron chi connectivity index (χ2n) is 5.53. The van der Waals surface area contributed by atoms with Crippen LogP contribution in [0.1, 0.15) is 12.5 Å². The number of hydrogen-bond acceptors (Lipinski definition) is 4. The highest BCUT2D eigenvalue weighted by atomic mass is 35.5. The van der Waals surface area contributed by atoms with E-state index in [1.165, 1.54) is 18.7 Å². The normalized spacial score (nSPS) is 11.0. The molecular formula is C18H15ClN2O2S. The second kappa shape index (κ2) is 6.79. The number of aryl methyl sites for hydroxylation is 1. The van der Waals surface area contributed by atoms with Gasteiger partial charge in [0.1, 0.15) is 5.78 Å². The minimum Gasteiger partial charge on any atom is -0.299 e. The molecule has 2 aromatic carbocycles. The first-order valence-electron chi connectivity index (χ1n) is 7.37. The molecule has 0 amide bonds. The van der Waals surface area contributed by atoms with Crippen molar-refractivity contribution in [3.63, 3.8) is 0 Å². The van der Waals surface area contributed by atoms with Gasteiger partial charge in [-0.3, -0.25) is 14.2 Å². The Kier molecular flexibility index (Phi) is 4.73. The van der Waals surface area contributed by atoms with Gasteiger partial charge >= 0.3 is 0 Å². The number of halogens is 1. The molecule has 0 aliphatic heterocycles. The molecule has 0 saturated heterocycles. The molecule has 0 unspecified atom stereocenters. The van der Waals surface area contributed by atoms with Crippen molar-refractivity contribution in [2.75, 3.05) is 5.75 Å². The predicted octanol–water partition coefficient (Wildman–Crippen LogP) is 4.03. The van der Waals surface area contributed by atoms with E-state index in [4.69, 9.17) is 11.6 Å². The van der Waals surface area contributed by atoms with Crippen LogP contribution in [0.15, 0.2) is 52.4 Å². The van der Waals surface area contributed by atoms with Crippen LogP contribution in [0.2, 0.25) is 5.02 Å². The molecule has 24 heavy (non-hydrogen) atoms. The summed E-state index contributed by atoms with van der Waals surface area (Å²) >= 11 is 7.27. The number of ketones is 1. The van der Waals surface area contributed by atoms with E-state index in [1.807, 2.05) is 31.2 Å². The number of carbonyl (C=O) groups is 1. The zero-order valence-electron chi connectivity index (χ0n) is 13.2. The van der Waals surface area contributed by atoms with Crippen molar-refractivity contribution < 1.29 is 4.79 Å². The Morgan fingerprint density at radius 1 is 1.25 bits per heavy atom. The van der Waals surface area contributed by atoms with Crippen molar-refractivity contribution in [3.8, 4) is 5.69 Å². The molecule has 3 aromatic rings. The van der Waals surface area contributed by atoms with E-state index in [0.29, 0.717) is 21.1 Å². The van der Waals surface area contributed by atoms with Gasteiger partial charge in [-0.2, -0.15) is 0 Å². The average Bonchev–Trinajstić information content (AvgIpc) is 2.52. The lowest BCUT2D eigenvalue weighted by molar-refractivity contribution is -0.114. The Morgan fingerprint density at radius 2 is 2.04 bits per heavy atom. The number of carbonyl (C=O) groups excluding carboxylic acids is 1. The number of fused-ring (bicyclic) bond motifs is 1. The summed E-state index contributed by atoms with van der Waals surface area (Å²) in [7, 11) is 0. The highest BCUT2D eigenvalue weighted by molar-refractivity contribution is 7.99. The summed E-state index contributed by atoms with van der Waals surface area (Å²) in [5, 5.41) is 1.49. The van der Waals surface area contributed by atoms with Crippen molar-refractivity contribution >= 4 is 40.0 Å². The molecule has 4 nitrogen and oxygen atoms in total. The van der Waals surface area contributed by atoms with Crippen LogP contribution in [0, 0.1) is 6.92 Å². The molecule has 1 heterocycles. The van der Waals surface area contributed by atoms with Gasteiger partial charge in [0.15, 0.2) is 5.16 Å². The molecule has 0 radical (unpaired) electrons. The molecule has 0 aliphatic rings. The Bertz CT molecular complexity index is 998. The fourth-order valence-corrected chi connectivity index (χ4v) is 3.38. The van der Waals surface area contributed by atoms with Gasteiger partial charge in [0.2, 0.25) is 0 Å². The van der Waals surface area contributed by atoms with E-state index in [0.717, 1.165) is 11.3 Å². The zero-order valence-corrected chi connectivity index (χ0v) is 14.8. The molecule has 0 atom stereocenters. The Labute approximate surface area is 148 Å². The molecule has 0 saturated carbocycles. The van der Waals surface area contributed by atoms with Crippen LogP contribution in [0.3, 0.4) is 0 Å². The topological polar surface area (TPSA) is 52.0 Å². The van der Waals surface area contributed by atoms with E-state index >= 15 is 0 Å². The third-order valence-electron chi connectivity index (χ3n) is 3.47. The van der Waals surface area contributed by atoms with Gasteiger partial charge in [0.05, 0.1) is 22.3 Å². The number of benzene rings is 2. The SMILES string of the molecule is CC(=O)CSc1nc2cc(Cl)ccc2c(=O)n1-c1cccc(C)c1. The number of nitrogens with zero attached hydrogens (tertiary/aromatic N) is 2. The van der Waals surface area contributed by atoms with Crippen molar-refractivity contribution in [1.82, 2.24) is 9.55 Å². The fraction of sp³-hybridized carbons (Fsp3) is 0.167. The van der Waals surface area contributed by atoms with E-state index in [-0.39, 0.29) is 17.1 Å². The molecule has 0 spiro atoms. The predicted molar refractivity (Wildman–Crippen MR) is 98.5 cm³/mol. The lowest BCUT2D eigenvalue weighted by Gasteiger charge is -2.13. The number of thioether (sulfide) groups is 1. The Morgan fingerprint density at radius 3 is 2.75 bits per heavy atom. The first-order valence-corrected chi connectivity index (χ1v) is 8.73. The summed E-state index contributed by atoms with van der Waals surface area (Å²) < 4.78 is 1.55. The third kappa shape index (κ3) is 3.37. The average molecular weight is 359 g/mol. The molecule has 0 bridgehead atoms. The number of hydrogen-bond donors (Lipinski definition) is 0. The number of aromatic nitrogens is 2. The van der Waals surface area contributed by atoms with Crippen LogP contribution in [-0.2, 0) is 4.79 Å². The molecule has 3 rings (SSSR count). The van der Waals surface area contributed by atoms with Crippen LogP contribution in [0.4, 0.5) is 0 Å². The largest absolute Gasteiger partial charge is 0.299 e. The van der Waals surface area contributed by atoms with Crippen LogP contribution in [0.25, 0.3) is 16.6 Å². The Hall–Kier alpha value is -2.11. The lowest BCUT2D eigenvalue weighted by atomic mass is 10.2. The van der Waals surface area contributed by atoms with Gasteiger partial charge in [-0.1, -0.05) is 35.5 Å². The summed E-state index contributed by atoms with van der Waals surface area (Å²) in [4.78, 5) is 28.9.